The van der Waals surface area contributed by atoms with Crippen LogP contribution in [0.15, 0.2) is 0 Å². The van der Waals surface area contributed by atoms with Crippen molar-refractivity contribution in [1.82, 2.24) is 4.90 Å². The van der Waals surface area contributed by atoms with E-state index in [0.717, 1.165) is 37.0 Å². The number of fused-ring (bicyclic) bond motifs is 5. The maximum atomic E-state index is 12.3. The average molecular weight is 420 g/mol. The summed E-state index contributed by atoms with van der Waals surface area (Å²) in [6.07, 6.45) is 7.99. The monoisotopic (exact) mass is 419 g/mol. The van der Waals surface area contributed by atoms with Crippen molar-refractivity contribution < 1.29 is 19.1 Å². The lowest BCUT2D eigenvalue weighted by molar-refractivity contribution is -0.159. The Morgan fingerprint density at radius 3 is 2.63 bits per heavy atom. The predicted octanol–water partition coefficient (Wildman–Crippen LogP) is 4.29. The highest BCUT2D eigenvalue weighted by Gasteiger charge is 2.62. The summed E-state index contributed by atoms with van der Waals surface area (Å²) in [5.41, 5.74) is 0.573. The normalized spacial score (nSPS) is 45.5. The lowest BCUT2D eigenvalue weighted by atomic mass is 9.47. The van der Waals surface area contributed by atoms with Crippen LogP contribution in [0.3, 0.4) is 0 Å². The Balaban J connectivity index is 1.48. The molecule has 0 bridgehead atoms. The third-order valence-corrected chi connectivity index (χ3v) is 9.98. The Morgan fingerprint density at radius 1 is 1.13 bits per heavy atom. The minimum Gasteiger partial charge on any atom is -0.464 e. The summed E-state index contributed by atoms with van der Waals surface area (Å²) < 4.78 is 10.9. The van der Waals surface area contributed by atoms with Gasteiger partial charge < -0.3 is 14.4 Å². The maximum Gasteiger partial charge on any atom is 0.332 e. The average Bonchev–Trinajstić information content (AvgIpc) is 2.96. The van der Waals surface area contributed by atoms with Crippen molar-refractivity contribution in [3.63, 3.8) is 0 Å². The van der Waals surface area contributed by atoms with Crippen molar-refractivity contribution in [1.29, 1.82) is 0 Å². The molecule has 4 aliphatic rings. The minimum atomic E-state index is -0.254. The molecule has 30 heavy (non-hydrogen) atoms. The van der Waals surface area contributed by atoms with Gasteiger partial charge in [-0.25, -0.2) is 4.79 Å². The summed E-state index contributed by atoms with van der Waals surface area (Å²) in [6, 6.07) is 0.423. The number of likely N-dealkylation sites (tertiary alicyclic amines) is 1. The van der Waals surface area contributed by atoms with Crippen molar-refractivity contribution >= 4 is 11.9 Å². The van der Waals surface area contributed by atoms with E-state index >= 15 is 0 Å². The van der Waals surface area contributed by atoms with Gasteiger partial charge in [0.2, 0.25) is 5.91 Å². The third-order valence-electron chi connectivity index (χ3n) is 9.98. The van der Waals surface area contributed by atoms with Crippen LogP contribution in [-0.2, 0) is 19.1 Å². The molecule has 3 saturated carbocycles. The second-order valence-corrected chi connectivity index (χ2v) is 11.2. The van der Waals surface area contributed by atoms with Gasteiger partial charge in [0.05, 0.1) is 13.2 Å². The Labute approximate surface area is 182 Å². The summed E-state index contributed by atoms with van der Waals surface area (Å²) in [5, 5.41) is 0. The van der Waals surface area contributed by atoms with Gasteiger partial charge in [0, 0.05) is 19.5 Å². The zero-order valence-electron chi connectivity index (χ0n) is 19.6. The first-order valence-corrected chi connectivity index (χ1v) is 12.2. The summed E-state index contributed by atoms with van der Waals surface area (Å²) >= 11 is 0. The van der Waals surface area contributed by atoms with E-state index in [4.69, 9.17) is 9.47 Å². The van der Waals surface area contributed by atoms with Crippen molar-refractivity contribution in [2.24, 2.45) is 40.4 Å². The van der Waals surface area contributed by atoms with Crippen LogP contribution in [0.5, 0.6) is 0 Å². The molecule has 2 unspecified atom stereocenters. The summed E-state index contributed by atoms with van der Waals surface area (Å²) in [7, 11) is 2.03. The van der Waals surface area contributed by atoms with Crippen molar-refractivity contribution in [3.8, 4) is 0 Å². The topological polar surface area (TPSA) is 55.8 Å². The number of hydrogen-bond acceptors (Lipinski definition) is 4. The molecule has 3 aliphatic carbocycles. The minimum absolute atomic E-state index is 0.0734. The lowest BCUT2D eigenvalue weighted by Gasteiger charge is -2.61. The van der Waals surface area contributed by atoms with Crippen LogP contribution in [0.1, 0.15) is 72.6 Å². The molecule has 0 aromatic carbocycles. The van der Waals surface area contributed by atoms with Crippen molar-refractivity contribution in [2.75, 3.05) is 26.9 Å². The van der Waals surface area contributed by atoms with E-state index in [1.54, 1.807) is 0 Å². The highest BCUT2D eigenvalue weighted by atomic mass is 16.6. The van der Waals surface area contributed by atoms with Crippen LogP contribution in [0.25, 0.3) is 0 Å². The number of carbonyl (C=O) groups excluding carboxylic acids is 2. The van der Waals surface area contributed by atoms with Gasteiger partial charge in [-0.1, -0.05) is 20.8 Å². The number of esters is 1. The highest BCUT2D eigenvalue weighted by molar-refractivity contribution is 5.77. The molecule has 1 aliphatic heterocycles. The molecule has 1 heterocycles. The van der Waals surface area contributed by atoms with Crippen molar-refractivity contribution in [3.05, 3.63) is 0 Å². The fourth-order valence-electron chi connectivity index (χ4n) is 8.44. The first-order valence-electron chi connectivity index (χ1n) is 12.2. The molecule has 0 aromatic rings. The summed E-state index contributed by atoms with van der Waals surface area (Å²) in [4.78, 5) is 26.1. The maximum absolute atomic E-state index is 12.3. The van der Waals surface area contributed by atoms with E-state index in [9.17, 15) is 9.59 Å². The predicted molar refractivity (Wildman–Crippen MR) is 116 cm³/mol. The third kappa shape index (κ3) is 3.40. The number of rotatable bonds is 5. The molecule has 1 saturated heterocycles. The molecule has 0 spiro atoms. The molecule has 5 heteroatoms. The molecule has 0 N–H and O–H groups in total. The van der Waals surface area contributed by atoms with Crippen molar-refractivity contribution in [2.45, 2.75) is 78.7 Å². The molecule has 170 valence electrons. The Bertz CT molecular complexity index is 680. The first-order chi connectivity index (χ1) is 14.2. The zero-order chi connectivity index (χ0) is 21.7. The number of carbonyl (C=O) groups is 2. The molecular formula is C25H41NO4. The molecule has 5 nitrogen and oxygen atoms in total. The Morgan fingerprint density at radius 2 is 1.90 bits per heavy atom. The summed E-state index contributed by atoms with van der Waals surface area (Å²) in [5.74, 6) is 3.46. The second-order valence-electron chi connectivity index (χ2n) is 11.2. The molecule has 4 rings (SSSR count). The van der Waals surface area contributed by atoms with Gasteiger partial charge in [-0.05, 0) is 85.9 Å². The Hall–Kier alpha value is -1.10. The van der Waals surface area contributed by atoms with Gasteiger partial charge in [-0.15, -0.1) is 0 Å². The van der Waals surface area contributed by atoms with Crippen LogP contribution < -0.4 is 0 Å². The highest BCUT2D eigenvalue weighted by Crippen LogP contribution is 2.67. The van der Waals surface area contributed by atoms with Gasteiger partial charge in [-0.2, -0.15) is 0 Å². The fraction of sp³-hybridized carbons (Fsp3) is 0.920. The van der Waals surface area contributed by atoms with Crippen LogP contribution in [0.4, 0.5) is 0 Å². The van der Waals surface area contributed by atoms with Gasteiger partial charge in [0.1, 0.15) is 6.61 Å². The lowest BCUT2D eigenvalue weighted by Crippen LogP contribution is -2.61. The number of hydrogen-bond donors (Lipinski definition) is 0. The largest absolute Gasteiger partial charge is 0.464 e. The smallest absolute Gasteiger partial charge is 0.332 e. The van der Waals surface area contributed by atoms with E-state index in [1.165, 1.54) is 25.7 Å². The number of ether oxygens (including phenoxy) is 2. The van der Waals surface area contributed by atoms with Crippen LogP contribution >= 0.6 is 0 Å². The molecule has 0 radical (unpaired) electrons. The molecule has 0 aromatic heterocycles. The van der Waals surface area contributed by atoms with E-state index in [-0.39, 0.29) is 18.0 Å². The molecule has 4 fully saturated rings. The van der Waals surface area contributed by atoms with E-state index in [2.05, 4.69) is 25.7 Å². The van der Waals surface area contributed by atoms with Crippen LogP contribution in [0.2, 0.25) is 0 Å². The SMILES string of the molecule is CCOC(=O)COCC1C(C)C[C@H]2[C@@H]3CC[C@H]4N(C)C(=O)CC[C@]4(C)[C@H]3CC[C@]12C. The van der Waals surface area contributed by atoms with Gasteiger partial charge in [0.25, 0.3) is 0 Å². The number of piperidine rings is 1. The zero-order valence-corrected chi connectivity index (χ0v) is 19.6. The molecule has 8 atom stereocenters. The van der Waals surface area contributed by atoms with Gasteiger partial charge in [0.15, 0.2) is 0 Å². The number of nitrogens with zero attached hydrogens (tertiary/aromatic N) is 1. The van der Waals surface area contributed by atoms with E-state index in [0.29, 0.717) is 42.4 Å². The first kappa shape index (κ1) is 22.1. The van der Waals surface area contributed by atoms with E-state index in [1.807, 2.05) is 14.0 Å². The second kappa shape index (κ2) is 8.11. The van der Waals surface area contributed by atoms with Gasteiger partial charge in [-0.3, -0.25) is 4.79 Å². The quantitative estimate of drug-likeness (QED) is 0.624. The van der Waals surface area contributed by atoms with Crippen LogP contribution in [0, 0.1) is 40.4 Å². The number of amides is 1. The fourth-order valence-corrected chi connectivity index (χ4v) is 8.44. The molecule has 1 amide bonds. The molecular weight excluding hydrogens is 378 g/mol. The Kier molecular flexibility index (Phi) is 5.97. The van der Waals surface area contributed by atoms with Gasteiger partial charge >= 0.3 is 5.97 Å². The van der Waals surface area contributed by atoms with Crippen LogP contribution in [-0.4, -0.2) is 49.7 Å². The summed E-state index contributed by atoms with van der Waals surface area (Å²) in [6.45, 7) is 10.4. The van der Waals surface area contributed by atoms with E-state index < -0.39 is 0 Å². The standard InChI is InChI=1S/C25H41NO4/c1-6-30-23(28)15-29-14-20-16(2)13-19-17-7-8-21-25(4,12-10-22(27)26(21)5)18(17)9-11-24(19,20)3/h16-21H,6-15H2,1-5H3/t16?,17-,18+,19+,20?,21-,24+,25-/m1/s1.